The Labute approximate surface area is 154 Å². The maximum Gasteiger partial charge on any atom is 0.264 e. The fourth-order valence-corrected chi connectivity index (χ4v) is 3.01. The zero-order valence-electron chi connectivity index (χ0n) is 15.0. The summed E-state index contributed by atoms with van der Waals surface area (Å²) in [4.78, 5) is 30.8. The van der Waals surface area contributed by atoms with Gasteiger partial charge in [0.25, 0.3) is 5.56 Å². The Kier molecular flexibility index (Phi) is 4.27. The summed E-state index contributed by atoms with van der Waals surface area (Å²) in [7, 11) is 3.38. The lowest BCUT2D eigenvalue weighted by molar-refractivity contribution is -0.132. The van der Waals surface area contributed by atoms with E-state index in [2.05, 4.69) is 10.1 Å². The second-order valence-corrected chi connectivity index (χ2v) is 6.45. The van der Waals surface area contributed by atoms with Crippen molar-refractivity contribution in [1.29, 1.82) is 0 Å². The molecule has 1 amide bonds. The van der Waals surface area contributed by atoms with Crippen LogP contribution in [0.1, 0.15) is 0 Å². The van der Waals surface area contributed by atoms with Gasteiger partial charge in [0.2, 0.25) is 5.91 Å². The number of carbonyl (C=O) groups is 1. The molecule has 0 spiro atoms. The van der Waals surface area contributed by atoms with Crippen molar-refractivity contribution in [3.63, 3.8) is 0 Å². The topological polar surface area (TPSA) is 91.5 Å². The molecule has 1 aromatic carbocycles. The Hall–Kier alpha value is -3.36. The number of rotatable bonds is 4. The molecule has 1 aliphatic rings. The molecule has 0 unspecified atom stereocenters. The number of aryl methyl sites for hydroxylation is 1. The van der Waals surface area contributed by atoms with E-state index in [0.29, 0.717) is 35.7 Å². The Bertz CT molecular complexity index is 1060. The number of likely N-dealkylation sites (N-methyl/N-ethyl adjacent to an activating group) is 1. The molecular weight excluding hydrogens is 350 g/mol. The van der Waals surface area contributed by atoms with Crippen LogP contribution >= 0.6 is 0 Å². The summed E-state index contributed by atoms with van der Waals surface area (Å²) >= 11 is 0. The van der Waals surface area contributed by atoms with Gasteiger partial charge < -0.3 is 14.4 Å². The monoisotopic (exact) mass is 369 g/mol. The highest BCUT2D eigenvalue weighted by Crippen LogP contribution is 2.30. The molecule has 27 heavy (non-hydrogen) atoms. The second-order valence-electron chi connectivity index (χ2n) is 6.45. The van der Waals surface area contributed by atoms with Crippen LogP contribution in [0, 0.1) is 0 Å². The highest BCUT2D eigenvalue weighted by Gasteiger charge is 2.24. The third-order valence-corrected chi connectivity index (χ3v) is 4.49. The van der Waals surface area contributed by atoms with Crippen molar-refractivity contribution < 1.29 is 14.3 Å². The minimum atomic E-state index is -0.291. The number of hydrogen-bond donors (Lipinski definition) is 0. The molecule has 140 valence electrons. The largest absolute Gasteiger partial charge is 0.486 e. The van der Waals surface area contributed by atoms with E-state index >= 15 is 0 Å². The number of amides is 1. The van der Waals surface area contributed by atoms with Gasteiger partial charge in [0.1, 0.15) is 24.9 Å². The zero-order valence-corrected chi connectivity index (χ0v) is 15.0. The van der Waals surface area contributed by atoms with E-state index in [1.807, 2.05) is 24.3 Å². The van der Waals surface area contributed by atoms with Crippen LogP contribution in [0.3, 0.4) is 0 Å². The summed E-state index contributed by atoms with van der Waals surface area (Å²) in [6.07, 6.45) is 2.55. The second kappa shape index (κ2) is 6.75. The van der Waals surface area contributed by atoms with Crippen LogP contribution < -0.4 is 15.0 Å². The minimum absolute atomic E-state index is 0.0999. The van der Waals surface area contributed by atoms with Gasteiger partial charge >= 0.3 is 0 Å². The average molecular weight is 369 g/mol. The molecule has 0 aliphatic carbocycles. The normalized spacial score (nSPS) is 15.7. The van der Waals surface area contributed by atoms with Crippen molar-refractivity contribution in [2.75, 3.05) is 20.2 Å². The van der Waals surface area contributed by atoms with Crippen LogP contribution in [-0.2, 0) is 18.4 Å². The van der Waals surface area contributed by atoms with Crippen molar-refractivity contribution in [2.45, 2.75) is 12.6 Å². The van der Waals surface area contributed by atoms with Crippen molar-refractivity contribution >= 4 is 16.9 Å². The van der Waals surface area contributed by atoms with Gasteiger partial charge in [-0.2, -0.15) is 5.10 Å². The van der Waals surface area contributed by atoms with Gasteiger partial charge in [0, 0.05) is 14.1 Å². The molecule has 9 nitrogen and oxygen atoms in total. The Morgan fingerprint density at radius 2 is 2.11 bits per heavy atom. The maximum absolute atomic E-state index is 12.5. The molecular formula is C18H19N5O4. The van der Waals surface area contributed by atoms with E-state index in [0.717, 1.165) is 0 Å². The van der Waals surface area contributed by atoms with Crippen LogP contribution in [0.25, 0.3) is 11.0 Å². The van der Waals surface area contributed by atoms with Gasteiger partial charge in [0.05, 0.1) is 12.7 Å². The fraction of sp³-hybridized carbons (Fsp3) is 0.333. The standard InChI is InChI=1S/C18H19N5O4/c1-21(8-12-10-26-14-5-3-4-6-15(14)27-12)16(24)9-23-11-19-17-13(18(23)25)7-20-22(17)2/h3-7,11-12H,8-10H2,1-2H3/t12-/m0/s1. The van der Waals surface area contributed by atoms with Gasteiger partial charge in [-0.1, -0.05) is 12.1 Å². The molecule has 9 heteroatoms. The van der Waals surface area contributed by atoms with Gasteiger partial charge in [-0.25, -0.2) is 4.98 Å². The van der Waals surface area contributed by atoms with Crippen molar-refractivity contribution in [1.82, 2.24) is 24.2 Å². The first-order valence-electron chi connectivity index (χ1n) is 8.52. The lowest BCUT2D eigenvalue weighted by Crippen LogP contribution is -2.43. The molecule has 2 aromatic heterocycles. The van der Waals surface area contributed by atoms with Gasteiger partial charge in [-0.3, -0.25) is 18.8 Å². The predicted octanol–water partition coefficient (Wildman–Crippen LogP) is 0.428. The summed E-state index contributed by atoms with van der Waals surface area (Å²) in [5, 5.41) is 4.41. The third kappa shape index (κ3) is 3.23. The molecule has 3 aromatic rings. The fourth-order valence-electron chi connectivity index (χ4n) is 3.01. The van der Waals surface area contributed by atoms with E-state index < -0.39 is 0 Å². The van der Waals surface area contributed by atoms with Gasteiger partial charge in [0.15, 0.2) is 23.3 Å². The summed E-state index contributed by atoms with van der Waals surface area (Å²) in [6, 6.07) is 7.42. The first-order valence-corrected chi connectivity index (χ1v) is 8.52. The van der Waals surface area contributed by atoms with E-state index in [4.69, 9.17) is 9.47 Å². The number of fused-ring (bicyclic) bond motifs is 2. The molecule has 0 N–H and O–H groups in total. The lowest BCUT2D eigenvalue weighted by atomic mass is 10.2. The smallest absolute Gasteiger partial charge is 0.264 e. The molecule has 0 saturated carbocycles. The first-order chi connectivity index (χ1) is 13.0. The molecule has 1 aliphatic heterocycles. The average Bonchev–Trinajstić information content (AvgIpc) is 3.05. The Morgan fingerprint density at radius 3 is 2.93 bits per heavy atom. The minimum Gasteiger partial charge on any atom is -0.486 e. The highest BCUT2D eigenvalue weighted by molar-refractivity contribution is 5.77. The van der Waals surface area contributed by atoms with Crippen LogP contribution in [-0.4, -0.2) is 56.4 Å². The third-order valence-electron chi connectivity index (χ3n) is 4.49. The van der Waals surface area contributed by atoms with E-state index in [1.54, 1.807) is 14.1 Å². The number of carbonyl (C=O) groups excluding carboxylic acids is 1. The molecule has 0 bridgehead atoms. The van der Waals surface area contributed by atoms with Gasteiger partial charge in [-0.15, -0.1) is 0 Å². The van der Waals surface area contributed by atoms with E-state index in [-0.39, 0.29) is 24.1 Å². The van der Waals surface area contributed by atoms with Crippen LogP contribution in [0.5, 0.6) is 11.5 Å². The van der Waals surface area contributed by atoms with Crippen molar-refractivity contribution in [3.8, 4) is 11.5 Å². The molecule has 3 heterocycles. The van der Waals surface area contributed by atoms with Crippen LogP contribution in [0.15, 0.2) is 41.6 Å². The summed E-state index contributed by atoms with van der Waals surface area (Å²) in [6.45, 7) is 0.611. The van der Waals surface area contributed by atoms with Crippen molar-refractivity contribution in [3.05, 3.63) is 47.1 Å². The summed E-state index contributed by atoms with van der Waals surface area (Å²) < 4.78 is 14.4. The summed E-state index contributed by atoms with van der Waals surface area (Å²) in [5.74, 6) is 1.15. The lowest BCUT2D eigenvalue weighted by Gasteiger charge is -2.29. The quantitative estimate of drug-likeness (QED) is 0.662. The predicted molar refractivity (Wildman–Crippen MR) is 96.8 cm³/mol. The summed E-state index contributed by atoms with van der Waals surface area (Å²) in [5.41, 5.74) is 0.199. The van der Waals surface area contributed by atoms with Crippen LogP contribution in [0.4, 0.5) is 0 Å². The van der Waals surface area contributed by atoms with E-state index in [9.17, 15) is 9.59 Å². The number of aromatic nitrogens is 4. The SMILES string of the molecule is CN(C[C@H]1COc2ccccc2O1)C(=O)Cn1cnc2c(cnn2C)c1=O. The molecule has 4 rings (SSSR count). The Morgan fingerprint density at radius 1 is 1.33 bits per heavy atom. The maximum atomic E-state index is 12.5. The molecule has 1 atom stereocenters. The number of para-hydroxylation sites is 2. The molecule has 0 saturated heterocycles. The molecule has 0 fully saturated rings. The zero-order chi connectivity index (χ0) is 19.0. The first kappa shape index (κ1) is 17.1. The number of ether oxygens (including phenoxy) is 2. The number of benzene rings is 1. The molecule has 0 radical (unpaired) electrons. The van der Waals surface area contributed by atoms with Crippen molar-refractivity contribution in [2.24, 2.45) is 7.05 Å². The van der Waals surface area contributed by atoms with Gasteiger partial charge in [-0.05, 0) is 12.1 Å². The van der Waals surface area contributed by atoms with E-state index in [1.165, 1.54) is 26.7 Å². The highest BCUT2D eigenvalue weighted by atomic mass is 16.6. The Balaban J connectivity index is 1.43. The number of nitrogens with zero attached hydrogens (tertiary/aromatic N) is 5. The van der Waals surface area contributed by atoms with Crippen LogP contribution in [0.2, 0.25) is 0 Å². The number of hydrogen-bond acceptors (Lipinski definition) is 6.